The molecule has 0 amide bonds. The van der Waals surface area contributed by atoms with Gasteiger partial charge in [0, 0.05) is 35.2 Å². The summed E-state index contributed by atoms with van der Waals surface area (Å²) in [6.07, 6.45) is 5.58. The van der Waals surface area contributed by atoms with Crippen molar-refractivity contribution in [1.82, 2.24) is 9.55 Å². The number of rotatable bonds is 2. The third kappa shape index (κ3) is 1.89. The predicted molar refractivity (Wildman–Crippen MR) is 78.3 cm³/mol. The van der Waals surface area contributed by atoms with E-state index in [-0.39, 0.29) is 5.84 Å². The Kier molecular flexibility index (Phi) is 2.87. The standard InChI is InChI=1S/C15H14N4O/c1-10-2-3-11(15(16)18-20)8-14(10)19-7-5-12-9-17-6-4-13(12)19/h2-9,20H,1H3,(H2,16,18). The van der Waals surface area contributed by atoms with Crippen LogP contribution in [-0.2, 0) is 0 Å². The molecule has 3 rings (SSSR count). The van der Waals surface area contributed by atoms with Gasteiger partial charge in [-0.2, -0.15) is 0 Å². The summed E-state index contributed by atoms with van der Waals surface area (Å²) in [6, 6.07) is 9.67. The maximum absolute atomic E-state index is 8.80. The lowest BCUT2D eigenvalue weighted by molar-refractivity contribution is 0.318. The zero-order chi connectivity index (χ0) is 14.1. The number of nitrogens with zero attached hydrogens (tertiary/aromatic N) is 3. The van der Waals surface area contributed by atoms with Crippen molar-refractivity contribution in [3.63, 3.8) is 0 Å². The van der Waals surface area contributed by atoms with E-state index in [1.54, 1.807) is 6.20 Å². The molecule has 100 valence electrons. The molecule has 1 aromatic carbocycles. The molecule has 20 heavy (non-hydrogen) atoms. The van der Waals surface area contributed by atoms with E-state index in [1.165, 1.54) is 0 Å². The van der Waals surface area contributed by atoms with Crippen LogP contribution in [0.25, 0.3) is 16.6 Å². The van der Waals surface area contributed by atoms with Crippen LogP contribution in [-0.4, -0.2) is 20.6 Å². The van der Waals surface area contributed by atoms with E-state index in [1.807, 2.05) is 49.6 Å². The Balaban J connectivity index is 2.23. The van der Waals surface area contributed by atoms with E-state index in [0.29, 0.717) is 5.56 Å². The normalized spacial score (nSPS) is 11.9. The smallest absolute Gasteiger partial charge is 0.170 e. The molecule has 0 aliphatic rings. The lowest BCUT2D eigenvalue weighted by Crippen LogP contribution is -2.13. The Morgan fingerprint density at radius 2 is 2.15 bits per heavy atom. The molecule has 2 heterocycles. The summed E-state index contributed by atoms with van der Waals surface area (Å²) in [5.41, 5.74) is 9.51. The van der Waals surface area contributed by atoms with Crippen LogP contribution in [0, 0.1) is 6.92 Å². The molecule has 0 aliphatic carbocycles. The Morgan fingerprint density at radius 3 is 2.95 bits per heavy atom. The second-order valence-electron chi connectivity index (χ2n) is 4.61. The van der Waals surface area contributed by atoms with E-state index in [2.05, 4.69) is 14.7 Å². The molecule has 5 heteroatoms. The van der Waals surface area contributed by atoms with Gasteiger partial charge in [0.25, 0.3) is 0 Å². The average molecular weight is 266 g/mol. The minimum Gasteiger partial charge on any atom is -0.409 e. The number of aromatic nitrogens is 2. The van der Waals surface area contributed by atoms with Crippen molar-refractivity contribution in [2.24, 2.45) is 10.9 Å². The number of nitrogens with two attached hydrogens (primary N) is 1. The van der Waals surface area contributed by atoms with Crippen molar-refractivity contribution in [3.8, 4) is 5.69 Å². The van der Waals surface area contributed by atoms with Crippen LogP contribution in [0.1, 0.15) is 11.1 Å². The molecule has 0 spiro atoms. The predicted octanol–water partition coefficient (Wildman–Crippen LogP) is 2.43. The Hall–Kier alpha value is -2.82. The van der Waals surface area contributed by atoms with Gasteiger partial charge in [0.1, 0.15) is 0 Å². The van der Waals surface area contributed by atoms with Gasteiger partial charge in [0.05, 0.1) is 5.52 Å². The number of benzene rings is 1. The van der Waals surface area contributed by atoms with E-state index in [9.17, 15) is 0 Å². The third-order valence-electron chi connectivity index (χ3n) is 3.36. The van der Waals surface area contributed by atoms with Crippen LogP contribution in [0.4, 0.5) is 0 Å². The van der Waals surface area contributed by atoms with Crippen molar-refractivity contribution >= 4 is 16.7 Å². The third-order valence-corrected chi connectivity index (χ3v) is 3.36. The van der Waals surface area contributed by atoms with Gasteiger partial charge in [-0.25, -0.2) is 0 Å². The highest BCUT2D eigenvalue weighted by Gasteiger charge is 2.08. The molecule has 3 aromatic rings. The molecule has 0 fully saturated rings. The molecule has 0 unspecified atom stereocenters. The van der Waals surface area contributed by atoms with Crippen molar-refractivity contribution in [2.75, 3.05) is 0 Å². The quantitative estimate of drug-likeness (QED) is 0.324. The average Bonchev–Trinajstić information content (AvgIpc) is 2.91. The monoisotopic (exact) mass is 266 g/mol. The number of oxime groups is 1. The molecule has 0 bridgehead atoms. The summed E-state index contributed by atoms with van der Waals surface area (Å²) < 4.78 is 2.07. The minimum atomic E-state index is 0.101. The zero-order valence-electron chi connectivity index (χ0n) is 11.0. The van der Waals surface area contributed by atoms with Gasteiger partial charge in [-0.15, -0.1) is 0 Å². The molecule has 0 aliphatic heterocycles. The summed E-state index contributed by atoms with van der Waals surface area (Å²) in [5.74, 6) is 0.101. The minimum absolute atomic E-state index is 0.101. The van der Waals surface area contributed by atoms with Gasteiger partial charge in [-0.1, -0.05) is 17.3 Å². The molecular formula is C15H14N4O. The van der Waals surface area contributed by atoms with E-state index in [0.717, 1.165) is 22.2 Å². The lowest BCUT2D eigenvalue weighted by Gasteiger charge is -2.11. The van der Waals surface area contributed by atoms with Gasteiger partial charge in [0.2, 0.25) is 0 Å². The van der Waals surface area contributed by atoms with Gasteiger partial charge in [-0.3, -0.25) is 4.98 Å². The summed E-state index contributed by atoms with van der Waals surface area (Å²) in [4.78, 5) is 4.12. The highest BCUT2D eigenvalue weighted by Crippen LogP contribution is 2.23. The van der Waals surface area contributed by atoms with Crippen LogP contribution in [0.2, 0.25) is 0 Å². The Morgan fingerprint density at radius 1 is 1.30 bits per heavy atom. The Bertz CT molecular complexity index is 804. The first-order chi connectivity index (χ1) is 9.70. The number of amidine groups is 1. The lowest BCUT2D eigenvalue weighted by atomic mass is 10.1. The highest BCUT2D eigenvalue weighted by molar-refractivity contribution is 5.97. The van der Waals surface area contributed by atoms with Crippen LogP contribution in [0.5, 0.6) is 0 Å². The topological polar surface area (TPSA) is 76.4 Å². The molecular weight excluding hydrogens is 252 g/mol. The van der Waals surface area contributed by atoms with Gasteiger partial charge < -0.3 is 15.5 Å². The summed E-state index contributed by atoms with van der Waals surface area (Å²) >= 11 is 0. The first-order valence-corrected chi connectivity index (χ1v) is 6.20. The number of pyridine rings is 1. The fourth-order valence-corrected chi connectivity index (χ4v) is 2.28. The molecule has 0 saturated heterocycles. The second kappa shape index (κ2) is 4.70. The van der Waals surface area contributed by atoms with Crippen LogP contribution < -0.4 is 5.73 Å². The number of fused-ring (bicyclic) bond motifs is 1. The largest absolute Gasteiger partial charge is 0.409 e. The van der Waals surface area contributed by atoms with Crippen molar-refractivity contribution in [2.45, 2.75) is 6.92 Å². The zero-order valence-corrected chi connectivity index (χ0v) is 11.0. The van der Waals surface area contributed by atoms with Crippen molar-refractivity contribution in [1.29, 1.82) is 0 Å². The molecule has 0 saturated carbocycles. The van der Waals surface area contributed by atoms with E-state index in [4.69, 9.17) is 10.9 Å². The van der Waals surface area contributed by atoms with Crippen molar-refractivity contribution < 1.29 is 5.21 Å². The fraction of sp³-hybridized carbons (Fsp3) is 0.0667. The second-order valence-corrected chi connectivity index (χ2v) is 4.61. The fourth-order valence-electron chi connectivity index (χ4n) is 2.28. The number of hydrogen-bond acceptors (Lipinski definition) is 3. The molecule has 0 radical (unpaired) electrons. The maximum Gasteiger partial charge on any atom is 0.170 e. The molecule has 5 nitrogen and oxygen atoms in total. The van der Waals surface area contributed by atoms with E-state index < -0.39 is 0 Å². The van der Waals surface area contributed by atoms with Crippen molar-refractivity contribution in [3.05, 3.63) is 60.0 Å². The molecule has 3 N–H and O–H groups in total. The summed E-state index contributed by atoms with van der Waals surface area (Å²) in [6.45, 7) is 2.03. The van der Waals surface area contributed by atoms with Crippen LogP contribution >= 0.6 is 0 Å². The van der Waals surface area contributed by atoms with E-state index >= 15 is 0 Å². The summed E-state index contributed by atoms with van der Waals surface area (Å²) in [7, 11) is 0. The first kappa shape index (κ1) is 12.2. The van der Waals surface area contributed by atoms with Crippen LogP contribution in [0.3, 0.4) is 0 Å². The van der Waals surface area contributed by atoms with Crippen LogP contribution in [0.15, 0.2) is 54.1 Å². The first-order valence-electron chi connectivity index (χ1n) is 6.20. The molecule has 2 aromatic heterocycles. The maximum atomic E-state index is 8.80. The molecule has 0 atom stereocenters. The van der Waals surface area contributed by atoms with Gasteiger partial charge in [0.15, 0.2) is 5.84 Å². The van der Waals surface area contributed by atoms with Gasteiger partial charge >= 0.3 is 0 Å². The SMILES string of the molecule is Cc1ccc(/C(N)=N/O)cc1-n1ccc2cnccc21. The number of aryl methyl sites for hydroxylation is 1. The summed E-state index contributed by atoms with van der Waals surface area (Å²) in [5, 5.41) is 12.9. The Labute approximate surface area is 116 Å². The highest BCUT2D eigenvalue weighted by atomic mass is 16.4. The number of hydrogen-bond donors (Lipinski definition) is 2. The van der Waals surface area contributed by atoms with Gasteiger partial charge in [-0.05, 0) is 30.7 Å².